The molecule has 0 aliphatic heterocycles. The monoisotopic (exact) mass is 174 g/mol. The van der Waals surface area contributed by atoms with Gasteiger partial charge >= 0.3 is 0 Å². The van der Waals surface area contributed by atoms with Crippen LogP contribution < -0.4 is 0 Å². The third-order valence-electron chi connectivity index (χ3n) is 2.09. The smallest absolute Gasteiger partial charge is 0.133 e. The van der Waals surface area contributed by atoms with Crippen molar-refractivity contribution in [2.75, 3.05) is 6.61 Å². The molecule has 1 unspecified atom stereocenters. The number of rotatable bonds is 5. The van der Waals surface area contributed by atoms with Crippen molar-refractivity contribution in [3.05, 3.63) is 0 Å². The van der Waals surface area contributed by atoms with Crippen LogP contribution in [-0.4, -0.2) is 28.2 Å². The fourth-order valence-electron chi connectivity index (χ4n) is 0.957. The highest BCUT2D eigenvalue weighted by atomic mass is 16.3. The first-order valence-corrected chi connectivity index (χ1v) is 4.26. The van der Waals surface area contributed by atoms with Crippen LogP contribution in [0.25, 0.3) is 0 Å². The van der Waals surface area contributed by atoms with Crippen LogP contribution >= 0.6 is 0 Å². The first kappa shape index (κ1) is 11.6. The zero-order chi connectivity index (χ0) is 9.78. The van der Waals surface area contributed by atoms with Crippen molar-refractivity contribution in [3.63, 3.8) is 0 Å². The van der Waals surface area contributed by atoms with Crippen LogP contribution in [0.4, 0.5) is 0 Å². The number of hydrogen-bond donors (Lipinski definition) is 2. The van der Waals surface area contributed by atoms with Crippen molar-refractivity contribution in [1.82, 2.24) is 0 Å². The summed E-state index contributed by atoms with van der Waals surface area (Å²) in [6.45, 7) is 4.85. The van der Waals surface area contributed by atoms with E-state index in [9.17, 15) is 9.90 Å². The second-order valence-electron chi connectivity index (χ2n) is 3.63. The van der Waals surface area contributed by atoms with Crippen LogP contribution in [0.5, 0.6) is 0 Å². The van der Waals surface area contributed by atoms with Crippen molar-refractivity contribution in [2.24, 2.45) is 5.92 Å². The van der Waals surface area contributed by atoms with Crippen LogP contribution in [0.2, 0.25) is 0 Å². The lowest BCUT2D eigenvalue weighted by Crippen LogP contribution is -2.35. The molecule has 0 aromatic heterocycles. The van der Waals surface area contributed by atoms with E-state index in [1.807, 2.05) is 0 Å². The number of aliphatic hydroxyl groups excluding tert-OH is 1. The molecule has 0 bridgehead atoms. The summed E-state index contributed by atoms with van der Waals surface area (Å²) < 4.78 is 0. The average molecular weight is 174 g/mol. The van der Waals surface area contributed by atoms with E-state index < -0.39 is 5.60 Å². The lowest BCUT2D eigenvalue weighted by molar-refractivity contribution is -0.122. The van der Waals surface area contributed by atoms with Gasteiger partial charge in [-0.2, -0.15) is 0 Å². The van der Waals surface area contributed by atoms with E-state index in [-0.39, 0.29) is 24.7 Å². The van der Waals surface area contributed by atoms with Crippen molar-refractivity contribution in [2.45, 2.75) is 39.2 Å². The van der Waals surface area contributed by atoms with Gasteiger partial charge in [-0.3, -0.25) is 4.79 Å². The van der Waals surface area contributed by atoms with Gasteiger partial charge in [-0.25, -0.2) is 0 Å². The van der Waals surface area contributed by atoms with Crippen LogP contribution in [0.15, 0.2) is 0 Å². The van der Waals surface area contributed by atoms with E-state index in [0.717, 1.165) is 0 Å². The quantitative estimate of drug-likeness (QED) is 0.646. The van der Waals surface area contributed by atoms with Crippen LogP contribution in [0.1, 0.15) is 33.6 Å². The van der Waals surface area contributed by atoms with E-state index >= 15 is 0 Å². The number of carbonyl (C=O) groups excluding carboxylic acids is 1. The fraction of sp³-hybridized carbons (Fsp3) is 0.889. The fourth-order valence-corrected chi connectivity index (χ4v) is 0.957. The van der Waals surface area contributed by atoms with Gasteiger partial charge in [-0.15, -0.1) is 0 Å². The summed E-state index contributed by atoms with van der Waals surface area (Å²) in [4.78, 5) is 11.0. The molecule has 2 N–H and O–H groups in total. The number of aliphatic hydroxyl groups is 2. The molecule has 0 heterocycles. The molecule has 0 spiro atoms. The molecule has 1 atom stereocenters. The summed E-state index contributed by atoms with van der Waals surface area (Å²) in [5.41, 5.74) is -0.973. The molecule has 0 rings (SSSR count). The Morgan fingerprint density at radius 3 is 2.25 bits per heavy atom. The van der Waals surface area contributed by atoms with E-state index in [1.165, 1.54) is 0 Å². The van der Waals surface area contributed by atoms with Gasteiger partial charge in [0.25, 0.3) is 0 Å². The number of Topliss-reactive ketones (excluding diaryl/α,β-unsaturated/α-hetero) is 1. The number of hydrogen-bond acceptors (Lipinski definition) is 3. The Hall–Kier alpha value is -0.410. The zero-order valence-corrected chi connectivity index (χ0v) is 8.00. The lowest BCUT2D eigenvalue weighted by Gasteiger charge is -2.26. The predicted molar refractivity (Wildman–Crippen MR) is 46.8 cm³/mol. The standard InChI is InChI=1S/C9H18O3/c1-4-8(11)5-7(6-10)9(2,3)12/h7,10,12H,4-6H2,1-3H3. The minimum Gasteiger partial charge on any atom is -0.396 e. The highest BCUT2D eigenvalue weighted by Gasteiger charge is 2.27. The Balaban J connectivity index is 4.09. The molecule has 0 aliphatic rings. The van der Waals surface area contributed by atoms with Crippen LogP contribution in [0, 0.1) is 5.92 Å². The largest absolute Gasteiger partial charge is 0.396 e. The molecule has 12 heavy (non-hydrogen) atoms. The maximum absolute atomic E-state index is 11.0. The molecular weight excluding hydrogens is 156 g/mol. The van der Waals surface area contributed by atoms with Crippen molar-refractivity contribution < 1.29 is 15.0 Å². The molecule has 0 aliphatic carbocycles. The van der Waals surface area contributed by atoms with E-state index in [1.54, 1.807) is 20.8 Å². The zero-order valence-electron chi connectivity index (χ0n) is 8.00. The van der Waals surface area contributed by atoms with Crippen molar-refractivity contribution in [1.29, 1.82) is 0 Å². The summed E-state index contributed by atoms with van der Waals surface area (Å²) in [5.74, 6) is -0.263. The number of carbonyl (C=O) groups is 1. The van der Waals surface area contributed by atoms with Crippen molar-refractivity contribution >= 4 is 5.78 Å². The predicted octanol–water partition coefficient (Wildman–Crippen LogP) is 0.735. The third kappa shape index (κ3) is 3.83. The van der Waals surface area contributed by atoms with Gasteiger partial charge in [-0.05, 0) is 13.8 Å². The molecule has 72 valence electrons. The Labute approximate surface area is 73.4 Å². The molecule has 0 aromatic rings. The number of ketones is 1. The Morgan fingerprint density at radius 1 is 1.50 bits per heavy atom. The normalized spacial score (nSPS) is 14.4. The lowest BCUT2D eigenvalue weighted by atomic mass is 9.87. The molecule has 0 amide bonds. The van der Waals surface area contributed by atoms with Gasteiger partial charge in [0.15, 0.2) is 0 Å². The van der Waals surface area contributed by atoms with Gasteiger partial charge in [0.05, 0.1) is 5.60 Å². The maximum atomic E-state index is 11.0. The summed E-state index contributed by atoms with van der Waals surface area (Å²) in [6, 6.07) is 0. The molecular formula is C9H18O3. The van der Waals surface area contributed by atoms with Crippen LogP contribution in [-0.2, 0) is 4.79 Å². The minimum absolute atomic E-state index is 0.0798. The molecule has 0 aromatic carbocycles. The second-order valence-corrected chi connectivity index (χ2v) is 3.63. The first-order chi connectivity index (χ1) is 5.41. The molecule has 0 saturated heterocycles. The van der Waals surface area contributed by atoms with Gasteiger partial charge in [0.2, 0.25) is 0 Å². The van der Waals surface area contributed by atoms with E-state index in [2.05, 4.69) is 0 Å². The van der Waals surface area contributed by atoms with Crippen molar-refractivity contribution in [3.8, 4) is 0 Å². The van der Waals surface area contributed by atoms with Gasteiger partial charge in [0.1, 0.15) is 5.78 Å². The molecule has 0 fully saturated rings. The Bertz CT molecular complexity index is 146. The summed E-state index contributed by atoms with van der Waals surface area (Å²) in [7, 11) is 0. The Kier molecular flexibility index (Phi) is 4.42. The average Bonchev–Trinajstić information content (AvgIpc) is 1.97. The van der Waals surface area contributed by atoms with Gasteiger partial charge < -0.3 is 10.2 Å². The summed E-state index contributed by atoms with van der Waals surface area (Å²) >= 11 is 0. The molecule has 3 nitrogen and oxygen atoms in total. The maximum Gasteiger partial charge on any atom is 0.133 e. The molecule has 0 radical (unpaired) electrons. The topological polar surface area (TPSA) is 57.5 Å². The van der Waals surface area contributed by atoms with E-state index in [0.29, 0.717) is 6.42 Å². The van der Waals surface area contributed by atoms with Crippen LogP contribution in [0.3, 0.4) is 0 Å². The summed E-state index contributed by atoms with van der Waals surface area (Å²) in [5, 5.41) is 18.4. The van der Waals surface area contributed by atoms with Gasteiger partial charge in [-0.1, -0.05) is 6.92 Å². The van der Waals surface area contributed by atoms with E-state index in [4.69, 9.17) is 5.11 Å². The SMILES string of the molecule is CCC(=O)CC(CO)C(C)(C)O. The van der Waals surface area contributed by atoms with Gasteiger partial charge in [0, 0.05) is 25.4 Å². The third-order valence-corrected chi connectivity index (χ3v) is 2.09. The highest BCUT2D eigenvalue weighted by molar-refractivity contribution is 5.78. The summed E-state index contributed by atoms with van der Waals surface area (Å²) in [6.07, 6.45) is 0.725. The minimum atomic E-state index is -0.973. The molecule has 3 heteroatoms. The highest BCUT2D eigenvalue weighted by Crippen LogP contribution is 2.20. The first-order valence-electron chi connectivity index (χ1n) is 4.26. The Morgan fingerprint density at radius 2 is 2.00 bits per heavy atom. The molecule has 0 saturated carbocycles. The second kappa shape index (κ2) is 4.58.